The average Bonchev–Trinajstić information content (AvgIpc) is 3.20. The molecule has 1 aromatic heterocycles. The lowest BCUT2D eigenvalue weighted by atomic mass is 10.2. The van der Waals surface area contributed by atoms with E-state index in [-0.39, 0.29) is 17.5 Å². The molecule has 5 rings (SSSR count). The molecular formula is C27H27N3O5S2. The van der Waals surface area contributed by atoms with E-state index in [0.717, 1.165) is 15.8 Å². The van der Waals surface area contributed by atoms with Gasteiger partial charge in [0.1, 0.15) is 13.2 Å². The zero-order chi connectivity index (χ0) is 26.2. The maximum atomic E-state index is 13.4. The van der Waals surface area contributed by atoms with E-state index in [1.54, 1.807) is 0 Å². The van der Waals surface area contributed by atoms with Gasteiger partial charge in [0.2, 0.25) is 10.0 Å². The Morgan fingerprint density at radius 1 is 1.03 bits per heavy atom. The van der Waals surface area contributed by atoms with Gasteiger partial charge in [-0.05, 0) is 43.7 Å². The van der Waals surface area contributed by atoms with Gasteiger partial charge in [-0.2, -0.15) is 9.30 Å². The van der Waals surface area contributed by atoms with Gasteiger partial charge >= 0.3 is 0 Å². The molecule has 0 unspecified atom stereocenters. The summed E-state index contributed by atoms with van der Waals surface area (Å²) < 4.78 is 42.3. The molecule has 2 heterocycles. The number of ether oxygens (including phenoxy) is 2. The third-order valence-electron chi connectivity index (χ3n) is 6.14. The van der Waals surface area contributed by atoms with Crippen molar-refractivity contribution in [2.45, 2.75) is 31.3 Å². The van der Waals surface area contributed by atoms with Gasteiger partial charge < -0.3 is 14.0 Å². The highest BCUT2D eigenvalue weighted by Crippen LogP contribution is 2.35. The lowest BCUT2D eigenvalue weighted by molar-refractivity contribution is 0.0998. The SMILES string of the molecule is CC(C)N(Cc1ccccc1)S(=O)(=O)c1ccc(C(=O)N=c2sc3cc4c(cc3n2C)OCCO4)cc1. The third-order valence-corrected chi connectivity index (χ3v) is 9.27. The summed E-state index contributed by atoms with van der Waals surface area (Å²) in [7, 11) is -1.93. The highest BCUT2D eigenvalue weighted by Gasteiger charge is 2.27. The summed E-state index contributed by atoms with van der Waals surface area (Å²) in [5.74, 6) is 0.899. The monoisotopic (exact) mass is 537 g/mol. The number of nitrogens with zero attached hydrogens (tertiary/aromatic N) is 3. The first-order chi connectivity index (χ1) is 17.7. The quantitative estimate of drug-likeness (QED) is 0.365. The van der Waals surface area contributed by atoms with Gasteiger partial charge in [-0.3, -0.25) is 4.79 Å². The van der Waals surface area contributed by atoms with Gasteiger partial charge in [-0.25, -0.2) is 8.42 Å². The fraction of sp³-hybridized carbons (Fsp3) is 0.259. The summed E-state index contributed by atoms with van der Waals surface area (Å²) in [5.41, 5.74) is 2.09. The molecule has 3 aromatic carbocycles. The Morgan fingerprint density at radius 3 is 2.32 bits per heavy atom. The molecule has 0 saturated carbocycles. The summed E-state index contributed by atoms with van der Waals surface area (Å²) in [5, 5.41) is 0. The molecular weight excluding hydrogens is 510 g/mol. The Bertz CT molecular complexity index is 1620. The van der Waals surface area contributed by atoms with Crippen LogP contribution in [0.2, 0.25) is 0 Å². The first-order valence-corrected chi connectivity index (χ1v) is 14.1. The van der Waals surface area contributed by atoms with Crippen LogP contribution in [-0.2, 0) is 23.6 Å². The fourth-order valence-corrected chi connectivity index (χ4v) is 6.79. The van der Waals surface area contributed by atoms with E-state index in [9.17, 15) is 13.2 Å². The molecule has 0 N–H and O–H groups in total. The molecule has 10 heteroatoms. The largest absolute Gasteiger partial charge is 0.486 e. The van der Waals surface area contributed by atoms with Crippen molar-refractivity contribution in [1.29, 1.82) is 0 Å². The number of thiazole rings is 1. The molecule has 0 bridgehead atoms. The van der Waals surface area contributed by atoms with Crippen LogP contribution in [0.1, 0.15) is 29.8 Å². The number of carbonyl (C=O) groups excluding carboxylic acids is 1. The summed E-state index contributed by atoms with van der Waals surface area (Å²) in [6.45, 7) is 4.94. The van der Waals surface area contributed by atoms with Gasteiger partial charge in [0.15, 0.2) is 16.3 Å². The molecule has 1 amide bonds. The molecule has 8 nitrogen and oxygen atoms in total. The van der Waals surface area contributed by atoms with Crippen molar-refractivity contribution in [3.05, 3.63) is 82.7 Å². The minimum Gasteiger partial charge on any atom is -0.486 e. The lowest BCUT2D eigenvalue weighted by Crippen LogP contribution is -2.36. The Kier molecular flexibility index (Phi) is 6.89. The molecule has 0 fully saturated rings. The normalized spacial score (nSPS) is 14.0. The van der Waals surface area contributed by atoms with Crippen LogP contribution >= 0.6 is 11.3 Å². The van der Waals surface area contributed by atoms with E-state index in [2.05, 4.69) is 4.99 Å². The molecule has 37 heavy (non-hydrogen) atoms. The number of aromatic nitrogens is 1. The van der Waals surface area contributed by atoms with E-state index in [4.69, 9.17) is 9.47 Å². The summed E-state index contributed by atoms with van der Waals surface area (Å²) in [6.07, 6.45) is 0. The maximum Gasteiger partial charge on any atom is 0.279 e. The smallest absolute Gasteiger partial charge is 0.279 e. The van der Waals surface area contributed by atoms with E-state index < -0.39 is 15.9 Å². The Morgan fingerprint density at radius 2 is 1.68 bits per heavy atom. The second kappa shape index (κ2) is 10.1. The molecule has 0 radical (unpaired) electrons. The number of hydrogen-bond acceptors (Lipinski definition) is 6. The molecule has 1 aliphatic heterocycles. The zero-order valence-corrected chi connectivity index (χ0v) is 22.4. The number of hydrogen-bond donors (Lipinski definition) is 0. The number of amides is 1. The van der Waals surface area contributed by atoms with Gasteiger partial charge in [0, 0.05) is 37.3 Å². The Hall–Kier alpha value is -3.47. The van der Waals surface area contributed by atoms with Crippen molar-refractivity contribution in [3.63, 3.8) is 0 Å². The highest BCUT2D eigenvalue weighted by atomic mass is 32.2. The van der Waals surface area contributed by atoms with Gasteiger partial charge in [-0.15, -0.1) is 0 Å². The predicted octanol–water partition coefficient (Wildman–Crippen LogP) is 4.35. The van der Waals surface area contributed by atoms with Crippen molar-refractivity contribution in [2.75, 3.05) is 13.2 Å². The van der Waals surface area contributed by atoms with Crippen LogP contribution in [0.25, 0.3) is 10.2 Å². The third kappa shape index (κ3) is 5.04. The first kappa shape index (κ1) is 25.2. The Balaban J connectivity index is 1.41. The van der Waals surface area contributed by atoms with Crippen LogP contribution in [0.5, 0.6) is 11.5 Å². The number of rotatable bonds is 6. The van der Waals surface area contributed by atoms with Crippen LogP contribution in [-0.4, -0.2) is 42.5 Å². The van der Waals surface area contributed by atoms with Crippen molar-refractivity contribution in [2.24, 2.45) is 12.0 Å². The molecule has 0 saturated heterocycles. The van der Waals surface area contributed by atoms with Gasteiger partial charge in [-0.1, -0.05) is 41.7 Å². The zero-order valence-electron chi connectivity index (χ0n) is 20.7. The number of carbonyl (C=O) groups is 1. The summed E-state index contributed by atoms with van der Waals surface area (Å²) in [6, 6.07) is 19.0. The van der Waals surface area contributed by atoms with Crippen LogP contribution in [0.3, 0.4) is 0 Å². The van der Waals surface area contributed by atoms with Crippen molar-refractivity contribution in [3.8, 4) is 11.5 Å². The van der Waals surface area contributed by atoms with E-state index >= 15 is 0 Å². The maximum absolute atomic E-state index is 13.4. The molecule has 0 aliphatic carbocycles. The van der Waals surface area contributed by atoms with Crippen LogP contribution in [0.4, 0.5) is 0 Å². The van der Waals surface area contributed by atoms with Crippen molar-refractivity contribution < 1.29 is 22.7 Å². The second-order valence-electron chi connectivity index (χ2n) is 8.98. The number of fused-ring (bicyclic) bond motifs is 2. The lowest BCUT2D eigenvalue weighted by Gasteiger charge is -2.26. The highest BCUT2D eigenvalue weighted by molar-refractivity contribution is 7.89. The standard InChI is InChI=1S/C27H27N3O5S2/c1-18(2)30(17-19-7-5-4-6-8-19)37(32,33)21-11-9-20(10-12-21)26(31)28-27-29(3)22-15-23-24(16-25(22)36-27)35-14-13-34-23/h4-12,15-16,18H,13-14,17H2,1-3H3. The Labute approximate surface area is 219 Å². The van der Waals surface area contributed by atoms with Crippen LogP contribution in [0, 0.1) is 0 Å². The second-order valence-corrected chi connectivity index (χ2v) is 11.9. The van der Waals surface area contributed by atoms with E-state index in [0.29, 0.717) is 35.1 Å². The molecule has 1 aliphatic rings. The predicted molar refractivity (Wildman–Crippen MR) is 142 cm³/mol. The minimum atomic E-state index is -3.77. The number of benzene rings is 3. The summed E-state index contributed by atoms with van der Waals surface area (Å²) >= 11 is 1.37. The van der Waals surface area contributed by atoms with Gasteiger partial charge in [0.25, 0.3) is 5.91 Å². The van der Waals surface area contributed by atoms with Crippen LogP contribution in [0.15, 0.2) is 76.6 Å². The summed E-state index contributed by atoms with van der Waals surface area (Å²) in [4.78, 5) is 17.9. The molecule has 0 spiro atoms. The molecule has 0 atom stereocenters. The number of sulfonamides is 1. The first-order valence-electron chi connectivity index (χ1n) is 11.9. The van der Waals surface area contributed by atoms with Crippen LogP contribution < -0.4 is 14.3 Å². The van der Waals surface area contributed by atoms with Crippen molar-refractivity contribution >= 4 is 37.5 Å². The number of aryl methyl sites for hydroxylation is 1. The van der Waals surface area contributed by atoms with Gasteiger partial charge in [0.05, 0.1) is 15.1 Å². The topological polar surface area (TPSA) is 90.2 Å². The van der Waals surface area contributed by atoms with E-state index in [1.165, 1.54) is 39.9 Å². The minimum absolute atomic E-state index is 0.131. The fourth-order valence-electron chi connectivity index (χ4n) is 4.14. The molecule has 4 aromatic rings. The average molecular weight is 538 g/mol. The molecule has 192 valence electrons. The van der Waals surface area contributed by atoms with E-state index in [1.807, 2.05) is 67.9 Å². The van der Waals surface area contributed by atoms with Crippen molar-refractivity contribution in [1.82, 2.24) is 8.87 Å².